The summed E-state index contributed by atoms with van der Waals surface area (Å²) in [5, 5.41) is 3.10. The maximum absolute atomic E-state index is 14.1. The molecule has 212 valence electrons. The van der Waals surface area contributed by atoms with E-state index in [-0.39, 0.29) is 23.4 Å². The molecule has 0 spiro atoms. The normalized spacial score (nSPS) is 14.5. The molecule has 0 aliphatic heterocycles. The molecule has 0 radical (unpaired) electrons. The Bertz CT molecular complexity index is 1430. The van der Waals surface area contributed by atoms with Crippen molar-refractivity contribution in [1.29, 1.82) is 0 Å². The van der Waals surface area contributed by atoms with Crippen LogP contribution in [0.1, 0.15) is 54.9 Å². The van der Waals surface area contributed by atoms with Crippen LogP contribution in [0.4, 0.5) is 5.69 Å². The summed E-state index contributed by atoms with van der Waals surface area (Å²) >= 11 is 0. The van der Waals surface area contributed by atoms with E-state index < -0.39 is 28.5 Å². The number of benzene rings is 3. The highest BCUT2D eigenvalue weighted by Gasteiger charge is 2.34. The van der Waals surface area contributed by atoms with E-state index in [0.29, 0.717) is 5.69 Å². The van der Waals surface area contributed by atoms with Gasteiger partial charge < -0.3 is 10.2 Å². The van der Waals surface area contributed by atoms with E-state index in [1.165, 1.54) is 21.3 Å². The van der Waals surface area contributed by atoms with Crippen molar-refractivity contribution in [2.45, 2.75) is 76.9 Å². The van der Waals surface area contributed by atoms with Crippen LogP contribution in [0.3, 0.4) is 0 Å². The summed E-state index contributed by atoms with van der Waals surface area (Å²) in [5.41, 5.74) is 4.08. The molecule has 1 saturated carbocycles. The highest BCUT2D eigenvalue weighted by molar-refractivity contribution is 7.92. The number of amides is 2. The predicted molar refractivity (Wildman–Crippen MR) is 158 cm³/mol. The number of carbonyl (C=O) groups excluding carboxylic acids is 2. The van der Waals surface area contributed by atoms with Gasteiger partial charge in [0.05, 0.1) is 10.6 Å². The number of aryl methyl sites for hydroxylation is 2. The lowest BCUT2D eigenvalue weighted by Gasteiger charge is -2.33. The number of anilines is 1. The molecule has 4 rings (SSSR count). The first-order valence-electron chi connectivity index (χ1n) is 13.9. The summed E-state index contributed by atoms with van der Waals surface area (Å²) < 4.78 is 29.1. The molecule has 0 unspecified atom stereocenters. The molecule has 1 fully saturated rings. The smallest absolute Gasteiger partial charge is 0.264 e. The first-order chi connectivity index (χ1) is 19.1. The van der Waals surface area contributed by atoms with Gasteiger partial charge in [0.2, 0.25) is 11.8 Å². The minimum atomic E-state index is -4.08. The molecule has 3 aromatic rings. The quantitative estimate of drug-likeness (QED) is 0.365. The summed E-state index contributed by atoms with van der Waals surface area (Å²) in [5.74, 6) is -0.674. The molecule has 0 aromatic heterocycles. The van der Waals surface area contributed by atoms with Crippen LogP contribution in [0.2, 0.25) is 0 Å². The van der Waals surface area contributed by atoms with Crippen LogP contribution in [0.25, 0.3) is 0 Å². The van der Waals surface area contributed by atoms with Crippen molar-refractivity contribution in [2.24, 2.45) is 0 Å². The number of hydrogen-bond acceptors (Lipinski definition) is 4. The van der Waals surface area contributed by atoms with Gasteiger partial charge in [-0.05, 0) is 75.4 Å². The van der Waals surface area contributed by atoms with Crippen LogP contribution in [0.15, 0.2) is 77.7 Å². The molecule has 0 bridgehead atoms. The van der Waals surface area contributed by atoms with Crippen molar-refractivity contribution in [2.75, 3.05) is 10.8 Å². The monoisotopic (exact) mass is 561 g/mol. The molecule has 0 heterocycles. The summed E-state index contributed by atoms with van der Waals surface area (Å²) in [4.78, 5) is 29.0. The van der Waals surface area contributed by atoms with Crippen LogP contribution in [0.5, 0.6) is 0 Å². The van der Waals surface area contributed by atoms with E-state index in [2.05, 4.69) is 5.32 Å². The zero-order valence-corrected chi connectivity index (χ0v) is 24.6. The van der Waals surface area contributed by atoms with Gasteiger partial charge in [-0.25, -0.2) is 8.42 Å². The van der Waals surface area contributed by atoms with E-state index in [4.69, 9.17) is 0 Å². The first kappa shape index (κ1) is 29.3. The number of sulfonamides is 1. The highest BCUT2D eigenvalue weighted by Crippen LogP contribution is 2.29. The van der Waals surface area contributed by atoms with E-state index in [1.54, 1.807) is 37.3 Å². The summed E-state index contributed by atoms with van der Waals surface area (Å²) in [6, 6.07) is 20.7. The van der Waals surface area contributed by atoms with Crippen LogP contribution in [-0.2, 0) is 26.2 Å². The first-order valence-corrected chi connectivity index (χ1v) is 15.3. The molecule has 1 aliphatic rings. The molecule has 7 nitrogen and oxygen atoms in total. The molecule has 1 N–H and O–H groups in total. The second kappa shape index (κ2) is 12.7. The van der Waals surface area contributed by atoms with Crippen molar-refractivity contribution < 1.29 is 18.0 Å². The summed E-state index contributed by atoms with van der Waals surface area (Å²) in [6.07, 6.45) is 4.02. The maximum atomic E-state index is 14.1. The Labute approximate surface area is 238 Å². The van der Waals surface area contributed by atoms with Gasteiger partial charge in [-0.15, -0.1) is 0 Å². The number of nitrogens with one attached hydrogen (secondary N) is 1. The third-order valence-corrected chi connectivity index (χ3v) is 9.57. The number of carbonyl (C=O) groups is 2. The van der Waals surface area contributed by atoms with Gasteiger partial charge in [0.15, 0.2) is 0 Å². The topological polar surface area (TPSA) is 86.8 Å². The molecule has 40 heavy (non-hydrogen) atoms. The van der Waals surface area contributed by atoms with Crippen molar-refractivity contribution in [1.82, 2.24) is 10.2 Å². The SMILES string of the molecule is Cc1ccc(CN(C(=O)CN(c2cccc(C)c2C)S(=O)(=O)c2ccccc2)[C@H](C)C(=O)NC2CCCC2)cc1. The maximum Gasteiger partial charge on any atom is 0.264 e. The molecular weight excluding hydrogens is 522 g/mol. The lowest BCUT2D eigenvalue weighted by atomic mass is 10.1. The molecule has 0 saturated heterocycles. The van der Waals surface area contributed by atoms with Crippen molar-refractivity contribution >= 4 is 27.5 Å². The molecule has 2 amide bonds. The Morgan fingerprint density at radius 3 is 2.20 bits per heavy atom. The molecule has 3 aromatic carbocycles. The van der Waals surface area contributed by atoms with E-state index in [1.807, 2.05) is 51.1 Å². The van der Waals surface area contributed by atoms with Crippen LogP contribution in [-0.4, -0.2) is 43.8 Å². The third-order valence-electron chi connectivity index (χ3n) is 7.80. The second-order valence-electron chi connectivity index (χ2n) is 10.7. The van der Waals surface area contributed by atoms with Crippen LogP contribution >= 0.6 is 0 Å². The average molecular weight is 562 g/mol. The fourth-order valence-corrected chi connectivity index (χ4v) is 6.60. The molecule has 1 atom stereocenters. The number of hydrogen-bond donors (Lipinski definition) is 1. The van der Waals surface area contributed by atoms with Gasteiger partial charge >= 0.3 is 0 Å². The summed E-state index contributed by atoms with van der Waals surface area (Å²) in [6.45, 7) is 7.21. The molecule has 8 heteroatoms. The Hall–Kier alpha value is -3.65. The second-order valence-corrected chi connectivity index (χ2v) is 12.6. The summed E-state index contributed by atoms with van der Waals surface area (Å²) in [7, 11) is -4.08. The number of nitrogens with zero attached hydrogens (tertiary/aromatic N) is 2. The Balaban J connectivity index is 1.70. The van der Waals surface area contributed by atoms with Crippen molar-refractivity contribution in [3.05, 3.63) is 95.1 Å². The lowest BCUT2D eigenvalue weighted by molar-refractivity contribution is -0.139. The molecule has 1 aliphatic carbocycles. The fraction of sp³-hybridized carbons (Fsp3) is 0.375. The van der Waals surface area contributed by atoms with Crippen LogP contribution < -0.4 is 9.62 Å². The standard InChI is InChI=1S/C32H39N3O4S/c1-23-17-19-27(20-18-23)21-34(26(4)32(37)33-28-12-8-9-13-28)31(36)22-35(30-16-10-11-24(2)25(30)3)40(38,39)29-14-6-5-7-15-29/h5-7,10-11,14-20,26,28H,8-9,12-13,21-22H2,1-4H3,(H,33,37)/t26-/m1/s1. The van der Waals surface area contributed by atoms with E-state index >= 15 is 0 Å². The Kier molecular flexibility index (Phi) is 9.30. The average Bonchev–Trinajstić information content (AvgIpc) is 3.46. The van der Waals surface area contributed by atoms with Gasteiger partial charge in [-0.2, -0.15) is 0 Å². The highest BCUT2D eigenvalue weighted by atomic mass is 32.2. The van der Waals surface area contributed by atoms with Crippen molar-refractivity contribution in [3.63, 3.8) is 0 Å². The lowest BCUT2D eigenvalue weighted by Crippen LogP contribution is -2.52. The third kappa shape index (κ3) is 6.73. The van der Waals surface area contributed by atoms with Crippen molar-refractivity contribution in [3.8, 4) is 0 Å². The Morgan fingerprint density at radius 2 is 1.55 bits per heavy atom. The van der Waals surface area contributed by atoms with E-state index in [9.17, 15) is 18.0 Å². The van der Waals surface area contributed by atoms with E-state index in [0.717, 1.165) is 47.9 Å². The van der Waals surface area contributed by atoms with Gasteiger partial charge in [-0.3, -0.25) is 13.9 Å². The van der Waals surface area contributed by atoms with Gasteiger partial charge in [0.25, 0.3) is 10.0 Å². The minimum absolute atomic E-state index is 0.0980. The molecular formula is C32H39N3O4S. The minimum Gasteiger partial charge on any atom is -0.352 e. The largest absolute Gasteiger partial charge is 0.352 e. The fourth-order valence-electron chi connectivity index (χ4n) is 5.10. The zero-order chi connectivity index (χ0) is 28.9. The van der Waals surface area contributed by atoms with Gasteiger partial charge in [-0.1, -0.05) is 73.0 Å². The van der Waals surface area contributed by atoms with Gasteiger partial charge in [0.1, 0.15) is 12.6 Å². The van der Waals surface area contributed by atoms with Gasteiger partial charge in [0, 0.05) is 12.6 Å². The number of rotatable bonds is 10. The Morgan fingerprint density at radius 1 is 0.900 bits per heavy atom. The predicted octanol–water partition coefficient (Wildman–Crippen LogP) is 5.28. The zero-order valence-electron chi connectivity index (χ0n) is 23.8. The van der Waals surface area contributed by atoms with Crippen LogP contribution in [0, 0.1) is 20.8 Å².